The van der Waals surface area contributed by atoms with E-state index in [1.807, 2.05) is 0 Å². The number of hydrogen-bond acceptors (Lipinski definition) is 5. The molecule has 76 valence electrons. The van der Waals surface area contributed by atoms with Crippen molar-refractivity contribution >= 4 is 0 Å². The normalized spacial score (nSPS) is 48.0. The Morgan fingerprint density at radius 2 is 2.08 bits per heavy atom. The minimum atomic E-state index is -0.684. The van der Waals surface area contributed by atoms with Gasteiger partial charge >= 0.3 is 0 Å². The van der Waals surface area contributed by atoms with E-state index >= 15 is 0 Å². The number of hydrogen-bond donors (Lipinski definition) is 2. The molecule has 0 bridgehead atoms. The van der Waals surface area contributed by atoms with Crippen LogP contribution >= 0.6 is 0 Å². The minimum absolute atomic E-state index is 0.279. The fourth-order valence-corrected chi connectivity index (χ4v) is 1.75. The predicted octanol–water partition coefficient (Wildman–Crippen LogP) is -0.818. The van der Waals surface area contributed by atoms with Gasteiger partial charge < -0.3 is 25.1 Å². The molecule has 0 aromatic heterocycles. The van der Waals surface area contributed by atoms with E-state index in [4.69, 9.17) is 19.9 Å². The minimum Gasteiger partial charge on any atom is -0.387 e. The fraction of sp³-hybridized carbons (Fsp3) is 1.00. The molecule has 2 fully saturated rings. The summed E-state index contributed by atoms with van der Waals surface area (Å²) in [7, 11) is 0. The monoisotopic (exact) mass is 189 g/mol. The van der Waals surface area contributed by atoms with Crippen LogP contribution in [0.25, 0.3) is 0 Å². The SMILES string of the molecule is CC1(C)O[C@@H]2O[C@@H](CN)[C@@H](O)[C@@H]2O1. The highest BCUT2D eigenvalue weighted by Crippen LogP contribution is 2.36. The summed E-state index contributed by atoms with van der Waals surface area (Å²) < 4.78 is 16.2. The van der Waals surface area contributed by atoms with Crippen molar-refractivity contribution in [1.29, 1.82) is 0 Å². The fourth-order valence-electron chi connectivity index (χ4n) is 1.75. The number of ether oxygens (including phenoxy) is 3. The molecule has 2 aliphatic heterocycles. The highest BCUT2D eigenvalue weighted by atomic mass is 16.8. The standard InChI is InChI=1S/C8H15NO4/c1-8(2)12-6-5(10)4(3-9)11-7(6)13-8/h4-7,10H,3,9H2,1-2H3/t4-,5+,6-,7-/m0/s1. The molecule has 0 spiro atoms. The summed E-state index contributed by atoms with van der Waals surface area (Å²) in [6, 6.07) is 0. The lowest BCUT2D eigenvalue weighted by Crippen LogP contribution is -2.38. The Hall–Kier alpha value is -0.200. The van der Waals surface area contributed by atoms with Gasteiger partial charge in [-0.2, -0.15) is 0 Å². The van der Waals surface area contributed by atoms with E-state index in [-0.39, 0.29) is 12.6 Å². The molecule has 2 heterocycles. The van der Waals surface area contributed by atoms with Crippen molar-refractivity contribution in [3.63, 3.8) is 0 Å². The molecule has 5 heteroatoms. The van der Waals surface area contributed by atoms with Crippen LogP contribution in [0.4, 0.5) is 0 Å². The Morgan fingerprint density at radius 1 is 1.38 bits per heavy atom. The Labute approximate surface area is 76.8 Å². The van der Waals surface area contributed by atoms with E-state index in [0.717, 1.165) is 0 Å². The molecule has 0 aromatic carbocycles. The van der Waals surface area contributed by atoms with Crippen LogP contribution in [0.1, 0.15) is 13.8 Å². The van der Waals surface area contributed by atoms with Gasteiger partial charge in [0.25, 0.3) is 0 Å². The number of rotatable bonds is 1. The van der Waals surface area contributed by atoms with Gasteiger partial charge in [0.05, 0.1) is 0 Å². The maximum atomic E-state index is 9.68. The molecule has 0 amide bonds. The van der Waals surface area contributed by atoms with Crippen LogP contribution < -0.4 is 5.73 Å². The lowest BCUT2D eigenvalue weighted by Gasteiger charge is -2.22. The van der Waals surface area contributed by atoms with E-state index in [0.29, 0.717) is 0 Å². The molecule has 13 heavy (non-hydrogen) atoms. The van der Waals surface area contributed by atoms with E-state index in [2.05, 4.69) is 0 Å². The van der Waals surface area contributed by atoms with E-state index < -0.39 is 24.3 Å². The first-order valence-electron chi connectivity index (χ1n) is 4.43. The summed E-state index contributed by atoms with van der Waals surface area (Å²) in [4.78, 5) is 0. The van der Waals surface area contributed by atoms with Crippen LogP contribution in [0.2, 0.25) is 0 Å². The third-order valence-corrected chi connectivity index (χ3v) is 2.35. The van der Waals surface area contributed by atoms with Crippen molar-refractivity contribution in [2.45, 2.75) is 44.2 Å². The van der Waals surface area contributed by atoms with Gasteiger partial charge in [0.1, 0.15) is 18.3 Å². The lowest BCUT2D eigenvalue weighted by atomic mass is 10.1. The first-order valence-corrected chi connectivity index (χ1v) is 4.43. The molecule has 0 unspecified atom stereocenters. The van der Waals surface area contributed by atoms with Crippen molar-refractivity contribution in [1.82, 2.24) is 0 Å². The second kappa shape index (κ2) is 2.90. The van der Waals surface area contributed by atoms with Crippen molar-refractivity contribution in [3.8, 4) is 0 Å². The number of aliphatic hydroxyl groups is 1. The van der Waals surface area contributed by atoms with Crippen molar-refractivity contribution in [3.05, 3.63) is 0 Å². The lowest BCUT2D eigenvalue weighted by molar-refractivity contribution is -0.213. The summed E-state index contributed by atoms with van der Waals surface area (Å²) >= 11 is 0. The average Bonchev–Trinajstić information content (AvgIpc) is 2.47. The maximum absolute atomic E-state index is 9.68. The molecule has 0 aromatic rings. The number of aliphatic hydroxyl groups excluding tert-OH is 1. The van der Waals surface area contributed by atoms with Crippen LogP contribution in [0, 0.1) is 0 Å². The molecule has 2 rings (SSSR count). The highest BCUT2D eigenvalue weighted by molar-refractivity contribution is 4.92. The van der Waals surface area contributed by atoms with Gasteiger partial charge in [0, 0.05) is 6.54 Å². The molecular weight excluding hydrogens is 174 g/mol. The van der Waals surface area contributed by atoms with Gasteiger partial charge in [-0.25, -0.2) is 0 Å². The first-order chi connectivity index (χ1) is 6.03. The average molecular weight is 189 g/mol. The molecule has 4 atom stereocenters. The summed E-state index contributed by atoms with van der Waals surface area (Å²) in [5.74, 6) is -0.671. The van der Waals surface area contributed by atoms with Crippen LogP contribution in [-0.2, 0) is 14.2 Å². The zero-order valence-corrected chi connectivity index (χ0v) is 7.77. The molecule has 0 aliphatic carbocycles. The van der Waals surface area contributed by atoms with Crippen molar-refractivity contribution < 1.29 is 19.3 Å². The van der Waals surface area contributed by atoms with Crippen molar-refractivity contribution in [2.75, 3.05) is 6.54 Å². The molecule has 0 saturated carbocycles. The van der Waals surface area contributed by atoms with E-state index in [9.17, 15) is 5.11 Å². The Balaban J connectivity index is 2.07. The third kappa shape index (κ3) is 1.47. The second-order valence-electron chi connectivity index (χ2n) is 3.87. The van der Waals surface area contributed by atoms with Gasteiger partial charge in [0.15, 0.2) is 12.1 Å². The topological polar surface area (TPSA) is 73.9 Å². The summed E-state index contributed by atoms with van der Waals surface area (Å²) in [6.45, 7) is 3.86. The highest BCUT2D eigenvalue weighted by Gasteiger charge is 2.53. The van der Waals surface area contributed by atoms with Gasteiger partial charge in [-0.15, -0.1) is 0 Å². The molecule has 5 nitrogen and oxygen atoms in total. The third-order valence-electron chi connectivity index (χ3n) is 2.35. The smallest absolute Gasteiger partial charge is 0.190 e. The Kier molecular flexibility index (Phi) is 2.08. The van der Waals surface area contributed by atoms with Crippen LogP contribution in [-0.4, -0.2) is 42.0 Å². The first kappa shape index (κ1) is 9.36. The van der Waals surface area contributed by atoms with E-state index in [1.54, 1.807) is 13.8 Å². The predicted molar refractivity (Wildman–Crippen MR) is 43.8 cm³/mol. The number of fused-ring (bicyclic) bond motifs is 1. The molecule has 0 radical (unpaired) electrons. The van der Waals surface area contributed by atoms with Crippen LogP contribution in [0.5, 0.6) is 0 Å². The van der Waals surface area contributed by atoms with Gasteiger partial charge in [-0.05, 0) is 13.8 Å². The van der Waals surface area contributed by atoms with Gasteiger partial charge in [-0.3, -0.25) is 0 Å². The maximum Gasteiger partial charge on any atom is 0.190 e. The van der Waals surface area contributed by atoms with Gasteiger partial charge in [0.2, 0.25) is 0 Å². The van der Waals surface area contributed by atoms with Crippen LogP contribution in [0.3, 0.4) is 0 Å². The molecule has 2 saturated heterocycles. The quantitative estimate of drug-likeness (QED) is 0.564. The zero-order chi connectivity index (χ0) is 9.64. The Morgan fingerprint density at radius 3 is 2.62 bits per heavy atom. The van der Waals surface area contributed by atoms with E-state index in [1.165, 1.54) is 0 Å². The molecule has 2 aliphatic rings. The van der Waals surface area contributed by atoms with Gasteiger partial charge in [-0.1, -0.05) is 0 Å². The number of nitrogens with two attached hydrogens (primary N) is 1. The Bertz CT molecular complexity index is 208. The summed E-state index contributed by atoms with van der Waals surface area (Å²) in [5.41, 5.74) is 5.40. The largest absolute Gasteiger partial charge is 0.387 e. The molecule has 3 N–H and O–H groups in total. The second-order valence-corrected chi connectivity index (χ2v) is 3.87. The van der Waals surface area contributed by atoms with Crippen molar-refractivity contribution in [2.24, 2.45) is 5.73 Å². The zero-order valence-electron chi connectivity index (χ0n) is 7.77. The van der Waals surface area contributed by atoms with Crippen LogP contribution in [0.15, 0.2) is 0 Å². The molecular formula is C8H15NO4. The summed E-state index contributed by atoms with van der Waals surface area (Å²) in [5, 5.41) is 9.68. The summed E-state index contributed by atoms with van der Waals surface area (Å²) in [6.07, 6.45) is -1.93.